The molecule has 0 heterocycles. The number of benzene rings is 1. The van der Waals surface area contributed by atoms with Gasteiger partial charge in [-0.15, -0.1) is 0 Å². The zero-order chi connectivity index (χ0) is 14.8. The SMILES string of the molecule is CCNCc1cc(S(=O)(=O)NC2CCC2)c(C)cc1C. The Hall–Kier alpha value is -0.910. The molecule has 2 N–H and O–H groups in total. The average Bonchev–Trinajstić information content (AvgIpc) is 2.33. The van der Waals surface area contributed by atoms with Gasteiger partial charge in [0.1, 0.15) is 0 Å². The number of rotatable bonds is 6. The zero-order valence-corrected chi connectivity index (χ0v) is 13.3. The summed E-state index contributed by atoms with van der Waals surface area (Å²) in [6.07, 6.45) is 3.02. The summed E-state index contributed by atoms with van der Waals surface area (Å²) in [4.78, 5) is 0.419. The zero-order valence-electron chi connectivity index (χ0n) is 12.5. The molecular weight excluding hydrogens is 272 g/mol. The Morgan fingerprint density at radius 3 is 2.45 bits per heavy atom. The quantitative estimate of drug-likeness (QED) is 0.846. The van der Waals surface area contributed by atoms with E-state index >= 15 is 0 Å². The van der Waals surface area contributed by atoms with E-state index in [0.717, 1.165) is 42.5 Å². The number of nitrogens with one attached hydrogen (secondary N) is 2. The van der Waals surface area contributed by atoms with Gasteiger partial charge in [0.2, 0.25) is 10.0 Å². The molecule has 1 aromatic rings. The molecule has 1 aliphatic carbocycles. The van der Waals surface area contributed by atoms with Crippen LogP contribution in [0.4, 0.5) is 0 Å². The van der Waals surface area contributed by atoms with Crippen molar-refractivity contribution in [2.75, 3.05) is 6.54 Å². The first kappa shape index (κ1) is 15.5. The van der Waals surface area contributed by atoms with Crippen molar-refractivity contribution < 1.29 is 8.42 Å². The highest BCUT2D eigenvalue weighted by molar-refractivity contribution is 7.89. The van der Waals surface area contributed by atoms with Gasteiger partial charge in [-0.05, 0) is 56.0 Å². The summed E-state index contributed by atoms with van der Waals surface area (Å²) in [7, 11) is -3.39. The van der Waals surface area contributed by atoms with Gasteiger partial charge < -0.3 is 5.32 Å². The van der Waals surface area contributed by atoms with Crippen LogP contribution in [0.5, 0.6) is 0 Å². The van der Waals surface area contributed by atoms with E-state index in [-0.39, 0.29) is 6.04 Å². The van der Waals surface area contributed by atoms with Crippen molar-refractivity contribution in [3.63, 3.8) is 0 Å². The summed E-state index contributed by atoms with van der Waals surface area (Å²) < 4.78 is 27.7. The highest BCUT2D eigenvalue weighted by Gasteiger charge is 2.26. The molecule has 0 aliphatic heterocycles. The highest BCUT2D eigenvalue weighted by atomic mass is 32.2. The molecule has 0 aromatic heterocycles. The first-order chi connectivity index (χ1) is 9.44. The maximum absolute atomic E-state index is 12.5. The third-order valence-electron chi connectivity index (χ3n) is 3.92. The van der Waals surface area contributed by atoms with Gasteiger partial charge in [-0.2, -0.15) is 0 Å². The van der Waals surface area contributed by atoms with Crippen LogP contribution in [0.1, 0.15) is 42.9 Å². The second kappa shape index (κ2) is 6.24. The lowest BCUT2D eigenvalue weighted by molar-refractivity contribution is 0.383. The molecule has 1 saturated carbocycles. The van der Waals surface area contributed by atoms with Crippen molar-refractivity contribution in [1.82, 2.24) is 10.0 Å². The summed E-state index contributed by atoms with van der Waals surface area (Å²) in [6.45, 7) is 7.50. The first-order valence-electron chi connectivity index (χ1n) is 7.27. The Labute approximate surface area is 122 Å². The Balaban J connectivity index is 2.29. The van der Waals surface area contributed by atoms with Crippen molar-refractivity contribution in [1.29, 1.82) is 0 Å². The molecule has 1 fully saturated rings. The van der Waals surface area contributed by atoms with Crippen molar-refractivity contribution in [2.24, 2.45) is 0 Å². The molecule has 0 spiro atoms. The molecule has 0 radical (unpaired) electrons. The molecule has 0 amide bonds. The second-order valence-corrected chi connectivity index (χ2v) is 7.26. The van der Waals surface area contributed by atoms with Crippen LogP contribution < -0.4 is 10.0 Å². The molecule has 2 rings (SSSR count). The van der Waals surface area contributed by atoms with Crippen LogP contribution in [-0.2, 0) is 16.6 Å². The average molecular weight is 296 g/mol. The molecule has 1 aromatic carbocycles. The van der Waals surface area contributed by atoms with Crippen LogP contribution in [0.3, 0.4) is 0 Å². The van der Waals surface area contributed by atoms with Gasteiger partial charge in [-0.1, -0.05) is 19.4 Å². The Bertz CT molecular complexity index is 578. The summed E-state index contributed by atoms with van der Waals surface area (Å²) >= 11 is 0. The minimum atomic E-state index is -3.39. The standard InChI is InChI=1S/C15H24N2O2S/c1-4-16-10-13-9-15(12(3)8-11(13)2)20(18,19)17-14-6-5-7-14/h8-9,14,16-17H,4-7,10H2,1-3H3. The van der Waals surface area contributed by atoms with E-state index in [0.29, 0.717) is 11.4 Å². The largest absolute Gasteiger partial charge is 0.313 e. The molecule has 0 bridgehead atoms. The topological polar surface area (TPSA) is 58.2 Å². The number of hydrogen-bond donors (Lipinski definition) is 2. The fraction of sp³-hybridized carbons (Fsp3) is 0.600. The third kappa shape index (κ3) is 3.40. The maximum atomic E-state index is 12.5. The highest BCUT2D eigenvalue weighted by Crippen LogP contribution is 2.24. The van der Waals surface area contributed by atoms with Gasteiger partial charge in [-0.3, -0.25) is 0 Å². The lowest BCUT2D eigenvalue weighted by Gasteiger charge is -2.26. The second-order valence-electron chi connectivity index (χ2n) is 5.57. The van der Waals surface area contributed by atoms with Crippen LogP contribution in [-0.4, -0.2) is 21.0 Å². The van der Waals surface area contributed by atoms with Gasteiger partial charge in [0.25, 0.3) is 0 Å². The summed E-state index contributed by atoms with van der Waals surface area (Å²) in [5.41, 5.74) is 2.99. The molecule has 0 saturated heterocycles. The summed E-state index contributed by atoms with van der Waals surface area (Å²) in [5.74, 6) is 0. The minimum absolute atomic E-state index is 0.123. The molecule has 20 heavy (non-hydrogen) atoms. The molecule has 5 heteroatoms. The van der Waals surface area contributed by atoms with Gasteiger partial charge >= 0.3 is 0 Å². The predicted molar refractivity (Wildman–Crippen MR) is 81.3 cm³/mol. The first-order valence-corrected chi connectivity index (χ1v) is 8.75. The molecule has 1 aliphatic rings. The van der Waals surface area contributed by atoms with Gasteiger partial charge in [0.05, 0.1) is 4.90 Å². The minimum Gasteiger partial charge on any atom is -0.313 e. The maximum Gasteiger partial charge on any atom is 0.241 e. The van der Waals surface area contributed by atoms with E-state index in [9.17, 15) is 8.42 Å². The summed E-state index contributed by atoms with van der Waals surface area (Å²) in [5, 5.41) is 3.25. The van der Waals surface area contributed by atoms with E-state index in [1.165, 1.54) is 0 Å². The smallest absolute Gasteiger partial charge is 0.241 e. The van der Waals surface area contributed by atoms with Gasteiger partial charge in [0.15, 0.2) is 0 Å². The van der Waals surface area contributed by atoms with Crippen LogP contribution in [0, 0.1) is 13.8 Å². The Kier molecular flexibility index (Phi) is 4.83. The molecule has 112 valence electrons. The Morgan fingerprint density at radius 1 is 1.20 bits per heavy atom. The Morgan fingerprint density at radius 2 is 1.90 bits per heavy atom. The van der Waals surface area contributed by atoms with Crippen LogP contribution in [0.25, 0.3) is 0 Å². The molecule has 0 atom stereocenters. The number of sulfonamides is 1. The van der Waals surface area contributed by atoms with Crippen LogP contribution >= 0.6 is 0 Å². The van der Waals surface area contributed by atoms with E-state index in [1.54, 1.807) is 0 Å². The van der Waals surface area contributed by atoms with E-state index in [2.05, 4.69) is 10.0 Å². The van der Waals surface area contributed by atoms with Gasteiger partial charge in [-0.25, -0.2) is 13.1 Å². The third-order valence-corrected chi connectivity index (χ3v) is 5.58. The van der Waals surface area contributed by atoms with Crippen LogP contribution in [0.15, 0.2) is 17.0 Å². The lowest BCUT2D eigenvalue weighted by Crippen LogP contribution is -2.39. The fourth-order valence-electron chi connectivity index (χ4n) is 2.42. The van der Waals surface area contributed by atoms with E-state index < -0.39 is 10.0 Å². The van der Waals surface area contributed by atoms with Crippen molar-refractivity contribution in [3.05, 3.63) is 28.8 Å². The van der Waals surface area contributed by atoms with Gasteiger partial charge in [0, 0.05) is 12.6 Å². The number of hydrogen-bond acceptors (Lipinski definition) is 3. The molecule has 0 unspecified atom stereocenters. The predicted octanol–water partition coefficient (Wildman–Crippen LogP) is 2.24. The number of aryl methyl sites for hydroxylation is 2. The molecule has 4 nitrogen and oxygen atoms in total. The van der Waals surface area contributed by atoms with Crippen LogP contribution in [0.2, 0.25) is 0 Å². The van der Waals surface area contributed by atoms with Crippen molar-refractivity contribution in [3.8, 4) is 0 Å². The molecular formula is C15H24N2O2S. The van der Waals surface area contributed by atoms with Crippen molar-refractivity contribution >= 4 is 10.0 Å². The van der Waals surface area contributed by atoms with E-state index in [1.807, 2.05) is 32.9 Å². The normalized spacial score (nSPS) is 16.1. The fourth-order valence-corrected chi connectivity index (χ4v) is 4.00. The monoisotopic (exact) mass is 296 g/mol. The summed E-state index contributed by atoms with van der Waals surface area (Å²) in [6, 6.07) is 3.90. The van der Waals surface area contributed by atoms with Crippen molar-refractivity contribution in [2.45, 2.75) is 57.5 Å². The van der Waals surface area contributed by atoms with E-state index in [4.69, 9.17) is 0 Å². The lowest BCUT2D eigenvalue weighted by atomic mass is 9.94.